The minimum absolute atomic E-state index is 0.770. The molecule has 0 fully saturated rings. The summed E-state index contributed by atoms with van der Waals surface area (Å²) in [7, 11) is 6.09. The lowest BCUT2D eigenvalue weighted by molar-refractivity contribution is 0.702. The molecule has 0 aliphatic rings. The number of benzene rings is 1. The second-order valence-corrected chi connectivity index (χ2v) is 5.81. The standard InChI is InChI=1S/C17H23N5/c1-5-8-13-11-17(22(4)18-13)20(2)12-15-14-9-6-7-10-16(14)21(3)19-15/h6-7,9-11H,5,8,12H2,1-4H3. The van der Waals surface area contributed by atoms with E-state index in [-0.39, 0.29) is 0 Å². The van der Waals surface area contributed by atoms with Crippen LogP contribution in [0.4, 0.5) is 5.82 Å². The van der Waals surface area contributed by atoms with Crippen molar-refractivity contribution >= 4 is 16.7 Å². The number of hydrogen-bond donors (Lipinski definition) is 0. The molecule has 2 aromatic heterocycles. The van der Waals surface area contributed by atoms with Crippen LogP contribution in [0, 0.1) is 0 Å². The molecule has 1 aromatic carbocycles. The van der Waals surface area contributed by atoms with Crippen molar-refractivity contribution in [1.82, 2.24) is 19.6 Å². The summed E-state index contributed by atoms with van der Waals surface area (Å²) in [4.78, 5) is 2.21. The third kappa shape index (κ3) is 2.58. The molecule has 3 rings (SSSR count). The maximum atomic E-state index is 4.67. The van der Waals surface area contributed by atoms with Crippen molar-refractivity contribution in [3.8, 4) is 0 Å². The fraction of sp³-hybridized carbons (Fsp3) is 0.412. The van der Waals surface area contributed by atoms with Crippen molar-refractivity contribution in [3.05, 3.63) is 41.7 Å². The number of rotatable bonds is 5. The van der Waals surface area contributed by atoms with E-state index >= 15 is 0 Å². The van der Waals surface area contributed by atoms with E-state index in [9.17, 15) is 0 Å². The van der Waals surface area contributed by atoms with Crippen LogP contribution in [0.5, 0.6) is 0 Å². The lowest BCUT2D eigenvalue weighted by atomic mass is 10.2. The van der Waals surface area contributed by atoms with Crippen molar-refractivity contribution in [2.75, 3.05) is 11.9 Å². The highest BCUT2D eigenvalue weighted by atomic mass is 15.4. The van der Waals surface area contributed by atoms with Crippen LogP contribution in [0.3, 0.4) is 0 Å². The van der Waals surface area contributed by atoms with Crippen LogP contribution in [0.1, 0.15) is 24.7 Å². The van der Waals surface area contributed by atoms with Gasteiger partial charge in [0.05, 0.1) is 23.4 Å². The molecule has 0 saturated heterocycles. The third-order valence-corrected chi connectivity index (χ3v) is 4.02. The highest BCUT2D eigenvalue weighted by Gasteiger charge is 2.14. The van der Waals surface area contributed by atoms with Gasteiger partial charge in [0.2, 0.25) is 0 Å². The van der Waals surface area contributed by atoms with Gasteiger partial charge in [0.15, 0.2) is 0 Å². The second kappa shape index (κ2) is 5.83. The van der Waals surface area contributed by atoms with Crippen LogP contribution in [-0.2, 0) is 27.1 Å². The first-order valence-electron chi connectivity index (χ1n) is 7.74. The Hall–Kier alpha value is -2.30. The molecular weight excluding hydrogens is 274 g/mol. The quantitative estimate of drug-likeness (QED) is 0.727. The van der Waals surface area contributed by atoms with Gasteiger partial charge in [-0.2, -0.15) is 10.2 Å². The molecule has 3 aromatic rings. The molecule has 0 unspecified atom stereocenters. The predicted octanol–water partition coefficient (Wildman–Crippen LogP) is 2.90. The van der Waals surface area contributed by atoms with Crippen LogP contribution < -0.4 is 4.90 Å². The van der Waals surface area contributed by atoms with Crippen molar-refractivity contribution in [3.63, 3.8) is 0 Å². The molecular formula is C17H23N5. The molecule has 0 atom stereocenters. The topological polar surface area (TPSA) is 38.9 Å². The number of nitrogens with zero attached hydrogens (tertiary/aromatic N) is 5. The summed E-state index contributed by atoms with van der Waals surface area (Å²) in [5.74, 6) is 1.12. The Balaban J connectivity index is 1.88. The predicted molar refractivity (Wildman–Crippen MR) is 90.0 cm³/mol. The largest absolute Gasteiger partial charge is 0.354 e. The number of hydrogen-bond acceptors (Lipinski definition) is 3. The van der Waals surface area contributed by atoms with Crippen molar-refractivity contribution in [2.45, 2.75) is 26.3 Å². The number of anilines is 1. The van der Waals surface area contributed by atoms with Crippen molar-refractivity contribution < 1.29 is 0 Å². The van der Waals surface area contributed by atoms with Gasteiger partial charge < -0.3 is 4.90 Å². The van der Waals surface area contributed by atoms with Crippen LogP contribution >= 0.6 is 0 Å². The van der Waals surface area contributed by atoms with Gasteiger partial charge in [-0.25, -0.2) is 0 Å². The molecule has 0 bridgehead atoms. The first kappa shape index (κ1) is 14.6. The Morgan fingerprint density at radius 2 is 1.86 bits per heavy atom. The number of aromatic nitrogens is 4. The van der Waals surface area contributed by atoms with Gasteiger partial charge in [-0.15, -0.1) is 0 Å². The Morgan fingerprint density at radius 1 is 1.09 bits per heavy atom. The first-order valence-corrected chi connectivity index (χ1v) is 7.74. The van der Waals surface area contributed by atoms with Gasteiger partial charge in [-0.1, -0.05) is 31.5 Å². The van der Waals surface area contributed by atoms with Crippen molar-refractivity contribution in [2.24, 2.45) is 14.1 Å². The third-order valence-electron chi connectivity index (χ3n) is 4.02. The number of para-hydroxylation sites is 1. The Bertz CT molecular complexity index is 784. The van der Waals surface area contributed by atoms with E-state index in [2.05, 4.69) is 59.4 Å². The van der Waals surface area contributed by atoms with Crippen LogP contribution in [0.2, 0.25) is 0 Å². The number of fused-ring (bicyclic) bond motifs is 1. The summed E-state index contributed by atoms with van der Waals surface area (Å²) in [6.07, 6.45) is 2.14. The normalized spacial score (nSPS) is 11.3. The monoisotopic (exact) mass is 297 g/mol. The molecule has 0 saturated carbocycles. The fourth-order valence-corrected chi connectivity index (χ4v) is 2.96. The van der Waals surface area contributed by atoms with Gasteiger partial charge in [0.1, 0.15) is 5.82 Å². The maximum Gasteiger partial charge on any atom is 0.126 e. The van der Waals surface area contributed by atoms with E-state index in [1.165, 1.54) is 10.9 Å². The van der Waals surface area contributed by atoms with E-state index in [1.807, 2.05) is 23.5 Å². The molecule has 5 heteroatoms. The summed E-state index contributed by atoms with van der Waals surface area (Å²) in [6.45, 7) is 2.95. The van der Waals surface area contributed by atoms with Crippen LogP contribution in [-0.4, -0.2) is 26.6 Å². The molecule has 22 heavy (non-hydrogen) atoms. The minimum atomic E-state index is 0.770. The van der Waals surface area contributed by atoms with E-state index in [1.54, 1.807) is 0 Å². The maximum absolute atomic E-state index is 4.67. The fourth-order valence-electron chi connectivity index (χ4n) is 2.96. The lowest BCUT2D eigenvalue weighted by Gasteiger charge is -2.17. The smallest absolute Gasteiger partial charge is 0.126 e. The Morgan fingerprint density at radius 3 is 2.64 bits per heavy atom. The Labute approximate surface area is 131 Å². The average molecular weight is 297 g/mol. The van der Waals surface area contributed by atoms with Gasteiger partial charge in [0, 0.05) is 32.6 Å². The summed E-state index contributed by atoms with van der Waals surface area (Å²) < 4.78 is 3.90. The van der Waals surface area contributed by atoms with E-state index in [4.69, 9.17) is 0 Å². The van der Waals surface area contributed by atoms with Crippen LogP contribution in [0.15, 0.2) is 30.3 Å². The van der Waals surface area contributed by atoms with Crippen molar-refractivity contribution in [1.29, 1.82) is 0 Å². The van der Waals surface area contributed by atoms with Gasteiger partial charge >= 0.3 is 0 Å². The minimum Gasteiger partial charge on any atom is -0.354 e. The zero-order valence-corrected chi connectivity index (χ0v) is 13.7. The highest BCUT2D eigenvalue weighted by Crippen LogP contribution is 2.22. The molecule has 0 amide bonds. The molecule has 0 aliphatic carbocycles. The van der Waals surface area contributed by atoms with Gasteiger partial charge in [-0.05, 0) is 12.5 Å². The molecule has 0 spiro atoms. The SMILES string of the molecule is CCCc1cc(N(C)Cc2nn(C)c3ccccc23)n(C)n1. The van der Waals surface area contributed by atoms with E-state index in [0.717, 1.165) is 36.6 Å². The molecule has 116 valence electrons. The number of aryl methyl sites for hydroxylation is 3. The van der Waals surface area contributed by atoms with E-state index < -0.39 is 0 Å². The Kier molecular flexibility index (Phi) is 3.88. The summed E-state index contributed by atoms with van der Waals surface area (Å²) in [6, 6.07) is 10.5. The molecule has 0 N–H and O–H groups in total. The summed E-state index contributed by atoms with van der Waals surface area (Å²) in [5.41, 5.74) is 3.42. The average Bonchev–Trinajstić information content (AvgIpc) is 3.01. The van der Waals surface area contributed by atoms with Gasteiger partial charge in [0.25, 0.3) is 0 Å². The molecule has 5 nitrogen and oxygen atoms in total. The molecule has 2 heterocycles. The zero-order chi connectivity index (χ0) is 15.7. The second-order valence-electron chi connectivity index (χ2n) is 5.81. The summed E-state index contributed by atoms with van der Waals surface area (Å²) >= 11 is 0. The zero-order valence-electron chi connectivity index (χ0n) is 13.7. The highest BCUT2D eigenvalue weighted by molar-refractivity contribution is 5.82. The van der Waals surface area contributed by atoms with Crippen LogP contribution in [0.25, 0.3) is 10.9 Å². The molecule has 0 radical (unpaired) electrons. The van der Waals surface area contributed by atoms with Gasteiger partial charge in [-0.3, -0.25) is 9.36 Å². The molecule has 0 aliphatic heterocycles. The lowest BCUT2D eigenvalue weighted by Crippen LogP contribution is -2.19. The van der Waals surface area contributed by atoms with E-state index in [0.29, 0.717) is 0 Å². The summed E-state index contributed by atoms with van der Waals surface area (Å²) in [5, 5.41) is 10.5. The first-order chi connectivity index (χ1) is 10.6.